The van der Waals surface area contributed by atoms with Crippen LogP contribution in [-0.4, -0.2) is 20.2 Å². The Kier molecular flexibility index (Phi) is 5.71. The van der Waals surface area contributed by atoms with Crippen LogP contribution in [0.1, 0.15) is 68.3 Å². The summed E-state index contributed by atoms with van der Waals surface area (Å²) < 4.78 is 34.7. The molecule has 7 heteroatoms. The first kappa shape index (κ1) is 22.3. The normalized spacial score (nSPS) is 19.7. The van der Waals surface area contributed by atoms with Gasteiger partial charge in [-0.05, 0) is 67.5 Å². The molecule has 1 aliphatic rings. The number of hydrogen-bond donors (Lipinski definition) is 0. The third-order valence-corrected chi connectivity index (χ3v) is 7.11. The van der Waals surface area contributed by atoms with Crippen molar-refractivity contribution in [2.75, 3.05) is 0 Å². The van der Waals surface area contributed by atoms with Crippen molar-refractivity contribution in [1.29, 1.82) is 0 Å². The smallest absolute Gasteiger partial charge is 0.191 e. The van der Waals surface area contributed by atoms with Gasteiger partial charge in [-0.2, -0.15) is 5.10 Å². The second kappa shape index (κ2) is 8.70. The first-order valence-corrected chi connectivity index (χ1v) is 11.7. The fourth-order valence-corrected chi connectivity index (χ4v) is 5.19. The molecule has 34 heavy (non-hydrogen) atoms. The fraction of sp³-hybridized carbons (Fsp3) is 0.333. The maximum Gasteiger partial charge on any atom is 0.191 e. The predicted molar refractivity (Wildman–Crippen MR) is 125 cm³/mol. The number of oxazole rings is 1. The van der Waals surface area contributed by atoms with Crippen molar-refractivity contribution in [2.45, 2.75) is 57.8 Å². The molecule has 0 aliphatic heterocycles. The lowest BCUT2D eigenvalue weighted by molar-refractivity contribution is 0.353. The van der Waals surface area contributed by atoms with Crippen LogP contribution in [0.2, 0.25) is 0 Å². The molecule has 0 bridgehead atoms. The summed E-state index contributed by atoms with van der Waals surface area (Å²) in [5, 5.41) is 8.94. The Balaban J connectivity index is 1.67. The average molecular weight is 461 g/mol. The van der Waals surface area contributed by atoms with Crippen LogP contribution < -0.4 is 0 Å². The predicted octanol–water partition coefficient (Wildman–Crippen LogP) is 6.76. The molecule has 0 saturated heterocycles. The molecule has 174 valence electrons. The second-order valence-electron chi connectivity index (χ2n) is 8.88. The van der Waals surface area contributed by atoms with E-state index in [1.54, 1.807) is 12.4 Å². The number of aromatic nitrogens is 4. The fourth-order valence-electron chi connectivity index (χ4n) is 5.19. The van der Waals surface area contributed by atoms with Crippen LogP contribution in [0, 0.1) is 18.6 Å². The quantitative estimate of drug-likeness (QED) is 0.329. The van der Waals surface area contributed by atoms with E-state index in [9.17, 15) is 8.78 Å². The summed E-state index contributed by atoms with van der Waals surface area (Å²) in [6.45, 7) is 6.06. The van der Waals surface area contributed by atoms with Crippen molar-refractivity contribution in [2.24, 2.45) is 0 Å². The molecule has 0 amide bonds. The summed E-state index contributed by atoms with van der Waals surface area (Å²) >= 11 is 0. The molecule has 0 N–H and O–H groups in total. The molecule has 5 nitrogen and oxygen atoms in total. The standard InChI is InChI=1S/C27H26F2N4O/c1-4-17-9-11-27(5-2,24-13-18(10-12-30-24)23-15-31-16(3)34-23)26-19(17)14-22(32-33-26)25-20(28)7-6-8-21(25)29/h6-8,10,12-15,17H,4-5,9,11H2,1-3H3/t17-,27+/m0/s1. The van der Waals surface area contributed by atoms with E-state index < -0.39 is 17.0 Å². The van der Waals surface area contributed by atoms with Crippen LogP contribution in [0.4, 0.5) is 8.78 Å². The Labute approximate surface area is 197 Å². The van der Waals surface area contributed by atoms with Gasteiger partial charge in [-0.25, -0.2) is 13.8 Å². The lowest BCUT2D eigenvalue weighted by Gasteiger charge is -2.40. The highest BCUT2D eigenvalue weighted by molar-refractivity contribution is 5.63. The summed E-state index contributed by atoms with van der Waals surface area (Å²) in [6.07, 6.45) is 6.96. The molecule has 0 spiro atoms. The molecular formula is C27H26F2N4O. The van der Waals surface area contributed by atoms with Gasteiger partial charge in [0.05, 0.1) is 34.3 Å². The number of hydrogen-bond acceptors (Lipinski definition) is 5. The van der Waals surface area contributed by atoms with E-state index in [0.717, 1.165) is 48.2 Å². The topological polar surface area (TPSA) is 64.7 Å². The van der Waals surface area contributed by atoms with Gasteiger partial charge in [0, 0.05) is 18.7 Å². The number of rotatable bonds is 5. The largest absolute Gasteiger partial charge is 0.441 e. The van der Waals surface area contributed by atoms with E-state index in [4.69, 9.17) is 9.40 Å². The Hall–Kier alpha value is -3.48. The molecule has 0 unspecified atom stereocenters. The van der Waals surface area contributed by atoms with E-state index in [1.807, 2.05) is 25.1 Å². The van der Waals surface area contributed by atoms with Crippen LogP contribution in [-0.2, 0) is 5.41 Å². The van der Waals surface area contributed by atoms with Crippen molar-refractivity contribution in [1.82, 2.24) is 20.2 Å². The van der Waals surface area contributed by atoms with Crippen molar-refractivity contribution >= 4 is 0 Å². The monoisotopic (exact) mass is 460 g/mol. The molecule has 2 atom stereocenters. The van der Waals surface area contributed by atoms with Gasteiger partial charge in [0.25, 0.3) is 0 Å². The van der Waals surface area contributed by atoms with E-state index in [-0.39, 0.29) is 17.2 Å². The third kappa shape index (κ3) is 3.59. The minimum absolute atomic E-state index is 0.138. The van der Waals surface area contributed by atoms with Crippen molar-refractivity contribution in [3.8, 4) is 22.6 Å². The summed E-state index contributed by atoms with van der Waals surface area (Å²) in [5.74, 6) is 0.240. The van der Waals surface area contributed by atoms with Crippen LogP contribution >= 0.6 is 0 Å². The Bertz CT molecular complexity index is 1330. The number of nitrogens with zero attached hydrogens (tertiary/aromatic N) is 4. The average Bonchev–Trinajstić information content (AvgIpc) is 3.29. The number of fused-ring (bicyclic) bond motifs is 1. The Morgan fingerprint density at radius 2 is 1.85 bits per heavy atom. The third-order valence-electron chi connectivity index (χ3n) is 7.11. The maximum absolute atomic E-state index is 14.5. The molecular weight excluding hydrogens is 434 g/mol. The van der Waals surface area contributed by atoms with E-state index in [1.165, 1.54) is 18.2 Å². The van der Waals surface area contributed by atoms with Crippen LogP contribution in [0.5, 0.6) is 0 Å². The summed E-state index contributed by atoms with van der Waals surface area (Å²) in [5.41, 5.74) is 3.25. The number of benzene rings is 1. The van der Waals surface area contributed by atoms with Gasteiger partial charge in [0.15, 0.2) is 11.7 Å². The van der Waals surface area contributed by atoms with Gasteiger partial charge in [-0.15, -0.1) is 5.10 Å². The van der Waals surface area contributed by atoms with Gasteiger partial charge >= 0.3 is 0 Å². The molecule has 3 heterocycles. The Morgan fingerprint density at radius 3 is 2.53 bits per heavy atom. The SMILES string of the molecule is CC[C@H]1CC[C@](CC)(c2cc(-c3cnc(C)o3)ccn2)c2nnc(-c3c(F)cccc3F)cc21. The molecule has 4 aromatic rings. The summed E-state index contributed by atoms with van der Waals surface area (Å²) in [4.78, 5) is 8.96. The molecule has 5 rings (SSSR count). The molecule has 0 radical (unpaired) electrons. The highest BCUT2D eigenvalue weighted by atomic mass is 19.1. The first-order chi connectivity index (χ1) is 16.5. The van der Waals surface area contributed by atoms with Gasteiger partial charge < -0.3 is 4.42 Å². The van der Waals surface area contributed by atoms with Crippen LogP contribution in [0.15, 0.2) is 53.2 Å². The van der Waals surface area contributed by atoms with E-state index >= 15 is 0 Å². The van der Waals surface area contributed by atoms with E-state index in [2.05, 4.69) is 29.0 Å². The lowest BCUT2D eigenvalue weighted by Crippen LogP contribution is -2.35. The molecule has 1 aromatic carbocycles. The van der Waals surface area contributed by atoms with Gasteiger partial charge in [0.1, 0.15) is 11.6 Å². The Morgan fingerprint density at radius 1 is 1.06 bits per heavy atom. The molecule has 3 aromatic heterocycles. The summed E-state index contributed by atoms with van der Waals surface area (Å²) in [7, 11) is 0. The van der Waals surface area contributed by atoms with Crippen molar-refractivity contribution < 1.29 is 13.2 Å². The number of pyridine rings is 1. The zero-order valence-electron chi connectivity index (χ0n) is 19.5. The van der Waals surface area contributed by atoms with Crippen molar-refractivity contribution in [3.63, 3.8) is 0 Å². The highest BCUT2D eigenvalue weighted by Gasteiger charge is 2.43. The lowest BCUT2D eigenvalue weighted by atomic mass is 9.65. The van der Waals surface area contributed by atoms with Crippen molar-refractivity contribution in [3.05, 3.63) is 83.3 Å². The highest BCUT2D eigenvalue weighted by Crippen LogP contribution is 2.49. The maximum atomic E-state index is 14.5. The second-order valence-corrected chi connectivity index (χ2v) is 8.88. The minimum Gasteiger partial charge on any atom is -0.441 e. The molecule has 1 aliphatic carbocycles. The molecule has 0 fully saturated rings. The molecule has 0 saturated carbocycles. The van der Waals surface area contributed by atoms with Gasteiger partial charge in [0.2, 0.25) is 0 Å². The zero-order chi connectivity index (χ0) is 23.9. The first-order valence-electron chi connectivity index (χ1n) is 11.7. The van der Waals surface area contributed by atoms with Gasteiger partial charge in [-0.1, -0.05) is 19.9 Å². The van der Waals surface area contributed by atoms with Crippen LogP contribution in [0.3, 0.4) is 0 Å². The zero-order valence-corrected chi connectivity index (χ0v) is 19.5. The van der Waals surface area contributed by atoms with E-state index in [0.29, 0.717) is 11.7 Å². The van der Waals surface area contributed by atoms with Gasteiger partial charge in [-0.3, -0.25) is 4.98 Å². The minimum atomic E-state index is -0.642. The summed E-state index contributed by atoms with van der Waals surface area (Å²) in [6, 6.07) is 9.60. The number of halogens is 2. The number of aryl methyl sites for hydroxylation is 1. The van der Waals surface area contributed by atoms with Crippen LogP contribution in [0.25, 0.3) is 22.6 Å².